The number of nitriles is 1. The molecule has 3 rings (SSSR count). The molecule has 0 bridgehead atoms. The number of hydrogen-bond donors (Lipinski definition) is 0. The first-order valence-electron chi connectivity index (χ1n) is 8.10. The summed E-state index contributed by atoms with van der Waals surface area (Å²) in [6, 6.07) is 12.2. The molecule has 0 aliphatic carbocycles. The molecule has 1 fully saturated rings. The predicted octanol–water partition coefficient (Wildman–Crippen LogP) is 2.66. The standard InChI is InChI=1S/C17H18ClN3O3S2/c18-16-5-6-17(25-16)26(22,23)21-9-7-20(8-10-21)11-12-24-15-3-1-14(13-19)2-4-15/h1-6H,7-12H2. The minimum absolute atomic E-state index is 0.292. The van der Waals surface area contributed by atoms with Gasteiger partial charge in [-0.25, -0.2) is 8.42 Å². The second-order valence-electron chi connectivity index (χ2n) is 5.79. The largest absolute Gasteiger partial charge is 0.492 e. The lowest BCUT2D eigenvalue weighted by atomic mass is 10.2. The van der Waals surface area contributed by atoms with Crippen LogP contribution in [0.15, 0.2) is 40.6 Å². The molecule has 0 radical (unpaired) electrons. The number of rotatable bonds is 6. The van der Waals surface area contributed by atoms with E-state index < -0.39 is 10.0 Å². The SMILES string of the molecule is N#Cc1ccc(OCCN2CCN(S(=O)(=O)c3ccc(Cl)s3)CC2)cc1. The van der Waals surface area contributed by atoms with Crippen molar-refractivity contribution >= 4 is 33.0 Å². The van der Waals surface area contributed by atoms with E-state index in [0.717, 1.165) is 23.6 Å². The third-order valence-corrected chi connectivity index (χ3v) is 7.73. The van der Waals surface area contributed by atoms with Crippen molar-refractivity contribution in [3.63, 3.8) is 0 Å². The van der Waals surface area contributed by atoms with Gasteiger partial charge in [0.25, 0.3) is 10.0 Å². The second-order valence-corrected chi connectivity index (χ2v) is 9.67. The zero-order valence-electron chi connectivity index (χ0n) is 14.0. The summed E-state index contributed by atoms with van der Waals surface area (Å²) < 4.78 is 33.1. The zero-order valence-corrected chi connectivity index (χ0v) is 16.4. The second kappa shape index (κ2) is 8.37. The van der Waals surface area contributed by atoms with Crippen LogP contribution in [0.2, 0.25) is 4.34 Å². The Morgan fingerprint density at radius 3 is 2.38 bits per heavy atom. The highest BCUT2D eigenvalue weighted by Crippen LogP contribution is 2.28. The molecule has 2 aromatic rings. The van der Waals surface area contributed by atoms with Crippen molar-refractivity contribution in [3.05, 3.63) is 46.3 Å². The molecule has 2 heterocycles. The summed E-state index contributed by atoms with van der Waals surface area (Å²) in [4.78, 5) is 2.18. The fourth-order valence-electron chi connectivity index (χ4n) is 2.68. The van der Waals surface area contributed by atoms with Gasteiger partial charge in [0, 0.05) is 32.7 Å². The average molecular weight is 412 g/mol. The van der Waals surface area contributed by atoms with Crippen LogP contribution in [0.1, 0.15) is 5.56 Å². The first-order valence-corrected chi connectivity index (χ1v) is 10.7. The Labute approximate surface area is 162 Å². The van der Waals surface area contributed by atoms with E-state index in [2.05, 4.69) is 11.0 Å². The van der Waals surface area contributed by atoms with E-state index in [1.54, 1.807) is 36.4 Å². The van der Waals surface area contributed by atoms with Gasteiger partial charge in [-0.3, -0.25) is 4.90 Å². The number of nitrogens with zero attached hydrogens (tertiary/aromatic N) is 3. The van der Waals surface area contributed by atoms with Gasteiger partial charge in [0.2, 0.25) is 0 Å². The molecule has 26 heavy (non-hydrogen) atoms. The van der Waals surface area contributed by atoms with Gasteiger partial charge < -0.3 is 4.74 Å². The van der Waals surface area contributed by atoms with Crippen LogP contribution in [0.4, 0.5) is 0 Å². The highest BCUT2D eigenvalue weighted by Gasteiger charge is 2.29. The van der Waals surface area contributed by atoms with Crippen molar-refractivity contribution in [2.75, 3.05) is 39.3 Å². The Kier molecular flexibility index (Phi) is 6.16. The summed E-state index contributed by atoms with van der Waals surface area (Å²) in [5.74, 6) is 0.722. The molecule has 6 nitrogen and oxygen atoms in total. The molecule has 0 unspecified atom stereocenters. The summed E-state index contributed by atoms with van der Waals surface area (Å²) in [6.07, 6.45) is 0. The van der Waals surface area contributed by atoms with Gasteiger partial charge in [-0.15, -0.1) is 11.3 Å². The molecule has 0 saturated carbocycles. The molecular formula is C17H18ClN3O3S2. The first kappa shape index (κ1) is 19.1. The van der Waals surface area contributed by atoms with Crippen molar-refractivity contribution in [1.82, 2.24) is 9.21 Å². The molecule has 0 N–H and O–H groups in total. The summed E-state index contributed by atoms with van der Waals surface area (Å²) in [5, 5.41) is 8.78. The third-order valence-electron chi connectivity index (χ3n) is 4.13. The number of benzene rings is 1. The Balaban J connectivity index is 1.45. The van der Waals surface area contributed by atoms with Gasteiger partial charge in [0.1, 0.15) is 16.6 Å². The van der Waals surface area contributed by atoms with Crippen LogP contribution >= 0.6 is 22.9 Å². The van der Waals surface area contributed by atoms with Crippen LogP contribution in [0.5, 0.6) is 5.75 Å². The molecule has 1 saturated heterocycles. The van der Waals surface area contributed by atoms with Crippen molar-refractivity contribution in [3.8, 4) is 11.8 Å². The molecule has 0 amide bonds. The van der Waals surface area contributed by atoms with E-state index in [1.807, 2.05) is 0 Å². The van der Waals surface area contributed by atoms with E-state index >= 15 is 0 Å². The van der Waals surface area contributed by atoms with Crippen LogP contribution < -0.4 is 4.74 Å². The monoisotopic (exact) mass is 411 g/mol. The van der Waals surface area contributed by atoms with E-state index in [1.165, 1.54) is 4.31 Å². The van der Waals surface area contributed by atoms with Gasteiger partial charge >= 0.3 is 0 Å². The summed E-state index contributed by atoms with van der Waals surface area (Å²) in [7, 11) is -3.45. The van der Waals surface area contributed by atoms with E-state index in [0.29, 0.717) is 46.9 Å². The fraction of sp³-hybridized carbons (Fsp3) is 0.353. The quantitative estimate of drug-likeness (QED) is 0.730. The lowest BCUT2D eigenvalue weighted by Gasteiger charge is -2.33. The fourth-order valence-corrected chi connectivity index (χ4v) is 5.73. The van der Waals surface area contributed by atoms with Crippen LogP contribution in [-0.2, 0) is 10.0 Å². The highest BCUT2D eigenvalue weighted by molar-refractivity contribution is 7.91. The number of halogens is 1. The topological polar surface area (TPSA) is 73.6 Å². The van der Waals surface area contributed by atoms with Gasteiger partial charge in [-0.1, -0.05) is 11.6 Å². The van der Waals surface area contributed by atoms with Crippen molar-refractivity contribution in [2.45, 2.75) is 4.21 Å². The normalized spacial score (nSPS) is 16.3. The van der Waals surface area contributed by atoms with Crippen LogP contribution in [-0.4, -0.2) is 57.0 Å². The Hall–Kier alpha value is -1.63. The first-order chi connectivity index (χ1) is 12.5. The maximum Gasteiger partial charge on any atom is 0.252 e. The lowest BCUT2D eigenvalue weighted by molar-refractivity contribution is 0.159. The molecule has 9 heteroatoms. The number of hydrogen-bond acceptors (Lipinski definition) is 6. The van der Waals surface area contributed by atoms with Crippen molar-refractivity contribution in [2.24, 2.45) is 0 Å². The zero-order chi connectivity index (χ0) is 18.6. The molecule has 138 valence electrons. The smallest absolute Gasteiger partial charge is 0.252 e. The molecule has 1 aromatic carbocycles. The van der Waals surface area contributed by atoms with E-state index in [9.17, 15) is 8.42 Å². The predicted molar refractivity (Wildman–Crippen MR) is 101 cm³/mol. The van der Waals surface area contributed by atoms with Gasteiger partial charge in [-0.05, 0) is 36.4 Å². The van der Waals surface area contributed by atoms with Gasteiger partial charge in [0.05, 0.1) is 16.0 Å². The van der Waals surface area contributed by atoms with E-state index in [4.69, 9.17) is 21.6 Å². The number of sulfonamides is 1. The third kappa shape index (κ3) is 4.55. The number of ether oxygens (including phenoxy) is 1. The van der Waals surface area contributed by atoms with E-state index in [-0.39, 0.29) is 0 Å². The number of piperazine rings is 1. The summed E-state index contributed by atoms with van der Waals surface area (Å²) >= 11 is 6.94. The van der Waals surface area contributed by atoms with Gasteiger partial charge in [0.15, 0.2) is 0 Å². The number of thiophene rings is 1. The minimum Gasteiger partial charge on any atom is -0.492 e. The molecule has 1 aromatic heterocycles. The summed E-state index contributed by atoms with van der Waals surface area (Å²) in [5.41, 5.74) is 0.599. The Morgan fingerprint density at radius 2 is 1.81 bits per heavy atom. The molecule has 0 spiro atoms. The Bertz CT molecular complexity index is 883. The highest BCUT2D eigenvalue weighted by atomic mass is 35.5. The molecule has 1 aliphatic rings. The maximum atomic E-state index is 12.6. The van der Waals surface area contributed by atoms with Crippen LogP contribution in [0.25, 0.3) is 0 Å². The average Bonchev–Trinajstić information content (AvgIpc) is 3.10. The minimum atomic E-state index is -3.45. The van der Waals surface area contributed by atoms with Crippen LogP contribution in [0, 0.1) is 11.3 Å². The summed E-state index contributed by atoms with van der Waals surface area (Å²) in [6.45, 7) is 3.46. The molecule has 1 aliphatic heterocycles. The maximum absolute atomic E-state index is 12.6. The Morgan fingerprint density at radius 1 is 1.12 bits per heavy atom. The molecular weight excluding hydrogens is 394 g/mol. The van der Waals surface area contributed by atoms with Crippen molar-refractivity contribution < 1.29 is 13.2 Å². The lowest BCUT2D eigenvalue weighted by Crippen LogP contribution is -2.49. The molecule has 0 atom stereocenters. The van der Waals surface area contributed by atoms with Gasteiger partial charge in [-0.2, -0.15) is 9.57 Å². The van der Waals surface area contributed by atoms with Crippen molar-refractivity contribution in [1.29, 1.82) is 5.26 Å². The van der Waals surface area contributed by atoms with Crippen LogP contribution in [0.3, 0.4) is 0 Å².